The molecule has 1 aliphatic heterocycles. The van der Waals surface area contributed by atoms with Crippen molar-refractivity contribution in [2.75, 3.05) is 5.32 Å². The lowest BCUT2D eigenvalue weighted by Crippen LogP contribution is -2.31. The first-order valence-corrected chi connectivity index (χ1v) is 7.32. The van der Waals surface area contributed by atoms with Gasteiger partial charge in [-0.05, 0) is 18.4 Å². The summed E-state index contributed by atoms with van der Waals surface area (Å²) in [5.41, 5.74) is 2.14. The molecule has 116 valence electrons. The Morgan fingerprint density at radius 2 is 2.22 bits per heavy atom. The first kappa shape index (κ1) is 13.6. The fraction of sp³-hybridized carbons (Fsp3) is 0.267. The van der Waals surface area contributed by atoms with Gasteiger partial charge in [-0.1, -0.05) is 12.1 Å². The highest BCUT2D eigenvalue weighted by atomic mass is 16.6. The van der Waals surface area contributed by atoms with E-state index in [0.29, 0.717) is 23.5 Å². The fourth-order valence-electron chi connectivity index (χ4n) is 3.21. The van der Waals surface area contributed by atoms with Crippen molar-refractivity contribution < 1.29 is 9.72 Å². The number of fused-ring (bicyclic) bond motifs is 1. The maximum absolute atomic E-state index is 12.5. The van der Waals surface area contributed by atoms with Crippen molar-refractivity contribution in [1.82, 2.24) is 14.8 Å². The first-order valence-electron chi connectivity index (χ1n) is 7.32. The van der Waals surface area contributed by atoms with Gasteiger partial charge in [-0.2, -0.15) is 10.1 Å². The van der Waals surface area contributed by atoms with Crippen molar-refractivity contribution in [1.29, 1.82) is 0 Å². The summed E-state index contributed by atoms with van der Waals surface area (Å²) in [6.07, 6.45) is 3.45. The number of benzene rings is 1. The second-order valence-corrected chi connectivity index (χ2v) is 5.58. The number of nitrogens with one attached hydrogen (secondary N) is 1. The highest BCUT2D eigenvalue weighted by Crippen LogP contribution is 2.40. The molecule has 0 saturated carbocycles. The Labute approximate surface area is 131 Å². The molecule has 2 aliphatic rings. The zero-order chi connectivity index (χ0) is 16.0. The van der Waals surface area contributed by atoms with Crippen LogP contribution in [-0.2, 0) is 4.79 Å². The lowest BCUT2D eigenvalue weighted by atomic mass is 9.85. The van der Waals surface area contributed by atoms with Crippen molar-refractivity contribution in [2.24, 2.45) is 0 Å². The number of hydrogen-bond donors (Lipinski definition) is 1. The molecule has 1 aromatic heterocycles. The molecule has 1 N–H and O–H groups in total. The number of ketones is 1. The fourth-order valence-corrected chi connectivity index (χ4v) is 3.21. The molecule has 8 heteroatoms. The van der Waals surface area contributed by atoms with E-state index in [1.165, 1.54) is 18.5 Å². The Morgan fingerprint density at radius 3 is 3.04 bits per heavy atom. The van der Waals surface area contributed by atoms with Gasteiger partial charge < -0.3 is 5.32 Å². The van der Waals surface area contributed by atoms with E-state index in [9.17, 15) is 14.9 Å². The molecule has 2 heterocycles. The predicted octanol–water partition coefficient (Wildman–Crippen LogP) is 2.21. The Bertz CT molecular complexity index is 854. The number of non-ortho nitro benzene ring substituents is 1. The third kappa shape index (κ3) is 2.10. The van der Waals surface area contributed by atoms with Crippen molar-refractivity contribution in [3.63, 3.8) is 0 Å². The number of Topliss-reactive ketones (excluding diaryl/α,β-unsaturated/α-hetero) is 1. The third-order valence-corrected chi connectivity index (χ3v) is 4.21. The molecule has 23 heavy (non-hydrogen) atoms. The van der Waals surface area contributed by atoms with E-state index in [1.54, 1.807) is 16.8 Å². The molecule has 1 atom stereocenters. The molecule has 0 bridgehead atoms. The first-order chi connectivity index (χ1) is 11.1. The summed E-state index contributed by atoms with van der Waals surface area (Å²) in [5.74, 6) is 0.603. The maximum atomic E-state index is 12.5. The van der Waals surface area contributed by atoms with Crippen LogP contribution in [0.1, 0.15) is 30.9 Å². The van der Waals surface area contributed by atoms with Crippen LogP contribution in [-0.4, -0.2) is 25.5 Å². The number of aromatic nitrogens is 3. The minimum absolute atomic E-state index is 0.00638. The summed E-state index contributed by atoms with van der Waals surface area (Å²) in [7, 11) is 0. The van der Waals surface area contributed by atoms with Crippen LogP contribution in [0.4, 0.5) is 11.6 Å². The molecule has 0 fully saturated rings. The van der Waals surface area contributed by atoms with Crippen molar-refractivity contribution in [3.8, 4) is 0 Å². The Kier molecular flexibility index (Phi) is 2.97. The number of anilines is 1. The predicted molar refractivity (Wildman–Crippen MR) is 80.8 cm³/mol. The molecule has 2 aromatic rings. The van der Waals surface area contributed by atoms with Gasteiger partial charge in [0.05, 0.1) is 4.92 Å². The van der Waals surface area contributed by atoms with Gasteiger partial charge in [-0.3, -0.25) is 14.9 Å². The average Bonchev–Trinajstić information content (AvgIpc) is 3.01. The number of nitro benzene ring substituents is 1. The number of nitrogens with zero attached hydrogens (tertiary/aromatic N) is 4. The normalized spacial score (nSPS) is 19.8. The summed E-state index contributed by atoms with van der Waals surface area (Å²) in [4.78, 5) is 27.3. The molecule has 0 radical (unpaired) electrons. The lowest BCUT2D eigenvalue weighted by Gasteiger charge is -2.32. The van der Waals surface area contributed by atoms with Crippen LogP contribution in [0.25, 0.3) is 0 Å². The van der Waals surface area contributed by atoms with Crippen LogP contribution in [0.15, 0.2) is 41.9 Å². The summed E-state index contributed by atoms with van der Waals surface area (Å²) in [6.45, 7) is 0. The summed E-state index contributed by atoms with van der Waals surface area (Å²) < 4.78 is 1.61. The zero-order valence-corrected chi connectivity index (χ0v) is 12.1. The van der Waals surface area contributed by atoms with Crippen LogP contribution in [0.2, 0.25) is 0 Å². The van der Waals surface area contributed by atoms with Gasteiger partial charge in [-0.25, -0.2) is 4.68 Å². The molecule has 1 aromatic carbocycles. The van der Waals surface area contributed by atoms with E-state index < -0.39 is 11.0 Å². The number of carbonyl (C=O) groups is 1. The SMILES string of the molecule is O=C1CCCC2=C1[C@H](c1cccc([N+](=O)[O-])c1)n1ncnc1N2. The second kappa shape index (κ2) is 5.01. The van der Waals surface area contributed by atoms with Gasteiger partial charge in [0.1, 0.15) is 12.4 Å². The number of carbonyl (C=O) groups excluding carboxylic acids is 1. The van der Waals surface area contributed by atoms with E-state index >= 15 is 0 Å². The molecular weight excluding hydrogens is 298 g/mol. The smallest absolute Gasteiger partial charge is 0.269 e. The highest BCUT2D eigenvalue weighted by Gasteiger charge is 2.36. The van der Waals surface area contributed by atoms with Crippen LogP contribution < -0.4 is 5.32 Å². The number of hydrogen-bond acceptors (Lipinski definition) is 6. The molecule has 8 nitrogen and oxygen atoms in total. The quantitative estimate of drug-likeness (QED) is 0.673. The summed E-state index contributed by atoms with van der Waals surface area (Å²) >= 11 is 0. The average molecular weight is 311 g/mol. The zero-order valence-electron chi connectivity index (χ0n) is 12.1. The standard InChI is InChI=1S/C15H13N5O3/c21-12-6-2-5-11-13(12)14(19-15(18-11)16-8-17-19)9-3-1-4-10(7-9)20(22)23/h1,3-4,7-8,14H,2,5-6H2,(H,16,17,18)/t14-/m0/s1. The Balaban J connectivity index is 1.91. The Hall–Kier alpha value is -3.03. The molecule has 0 amide bonds. The molecule has 4 rings (SSSR count). The van der Waals surface area contributed by atoms with Crippen LogP contribution in [0.3, 0.4) is 0 Å². The molecule has 1 aliphatic carbocycles. The van der Waals surface area contributed by atoms with Crippen LogP contribution in [0.5, 0.6) is 0 Å². The van der Waals surface area contributed by atoms with Gasteiger partial charge in [-0.15, -0.1) is 0 Å². The third-order valence-electron chi connectivity index (χ3n) is 4.21. The van der Waals surface area contributed by atoms with Crippen molar-refractivity contribution in [3.05, 3.63) is 57.5 Å². The molecular formula is C15H13N5O3. The maximum Gasteiger partial charge on any atom is 0.269 e. The minimum atomic E-state index is -0.476. The van der Waals surface area contributed by atoms with E-state index in [2.05, 4.69) is 15.4 Å². The van der Waals surface area contributed by atoms with E-state index in [0.717, 1.165) is 18.5 Å². The highest BCUT2D eigenvalue weighted by molar-refractivity contribution is 5.99. The van der Waals surface area contributed by atoms with Crippen molar-refractivity contribution in [2.45, 2.75) is 25.3 Å². The van der Waals surface area contributed by atoms with Crippen LogP contribution >= 0.6 is 0 Å². The van der Waals surface area contributed by atoms with Crippen LogP contribution in [0, 0.1) is 10.1 Å². The number of rotatable bonds is 2. The van der Waals surface area contributed by atoms with E-state index in [1.807, 2.05) is 0 Å². The number of allylic oxidation sites excluding steroid dienone is 2. The van der Waals surface area contributed by atoms with Gasteiger partial charge in [0.2, 0.25) is 5.95 Å². The topological polar surface area (TPSA) is 103 Å². The largest absolute Gasteiger partial charge is 0.328 e. The van der Waals surface area contributed by atoms with Gasteiger partial charge in [0.25, 0.3) is 5.69 Å². The van der Waals surface area contributed by atoms with E-state index in [-0.39, 0.29) is 11.5 Å². The summed E-state index contributed by atoms with van der Waals surface area (Å²) in [6, 6.07) is 5.86. The second-order valence-electron chi connectivity index (χ2n) is 5.58. The van der Waals surface area contributed by atoms with E-state index in [4.69, 9.17) is 0 Å². The lowest BCUT2D eigenvalue weighted by molar-refractivity contribution is -0.384. The monoisotopic (exact) mass is 311 g/mol. The van der Waals surface area contributed by atoms with Gasteiger partial charge >= 0.3 is 0 Å². The molecule has 0 spiro atoms. The van der Waals surface area contributed by atoms with Gasteiger partial charge in [0.15, 0.2) is 5.78 Å². The van der Waals surface area contributed by atoms with Crippen molar-refractivity contribution >= 4 is 17.4 Å². The Morgan fingerprint density at radius 1 is 1.35 bits per heavy atom. The van der Waals surface area contributed by atoms with Gasteiger partial charge in [0, 0.05) is 29.8 Å². The molecule has 0 saturated heterocycles. The summed E-state index contributed by atoms with van der Waals surface area (Å²) in [5, 5.41) is 18.4. The molecule has 0 unspecified atom stereocenters. The minimum Gasteiger partial charge on any atom is -0.328 e. The number of nitro groups is 1.